The number of nitrogens with zero attached hydrogens (tertiary/aromatic N) is 3. The van der Waals surface area contributed by atoms with Crippen molar-refractivity contribution in [2.75, 3.05) is 37.6 Å². The van der Waals surface area contributed by atoms with Crippen LogP contribution in [0.5, 0.6) is 0 Å². The number of anilines is 1. The van der Waals surface area contributed by atoms with Crippen LogP contribution in [0.25, 0.3) is 0 Å². The molecule has 1 aliphatic rings. The number of hydrogen-bond donors (Lipinski definition) is 1. The number of thiazole rings is 1. The average molecular weight is 296 g/mol. The summed E-state index contributed by atoms with van der Waals surface area (Å²) in [6, 6.07) is 0. The Bertz CT molecular complexity index is 402. The Labute approximate surface area is 127 Å². The van der Waals surface area contributed by atoms with Crippen LogP contribution in [0.3, 0.4) is 0 Å². The molecule has 1 aromatic rings. The van der Waals surface area contributed by atoms with Crippen molar-refractivity contribution in [2.45, 2.75) is 46.2 Å². The summed E-state index contributed by atoms with van der Waals surface area (Å²) < 4.78 is 0. The Morgan fingerprint density at radius 3 is 2.55 bits per heavy atom. The van der Waals surface area contributed by atoms with Crippen molar-refractivity contribution in [3.63, 3.8) is 0 Å². The number of nitrogens with one attached hydrogen (secondary N) is 1. The topological polar surface area (TPSA) is 31.4 Å². The molecule has 114 valence electrons. The van der Waals surface area contributed by atoms with Crippen LogP contribution in [0.2, 0.25) is 0 Å². The van der Waals surface area contributed by atoms with Crippen LogP contribution < -0.4 is 10.2 Å². The lowest BCUT2D eigenvalue weighted by molar-refractivity contribution is 0.128. The second kappa shape index (κ2) is 6.87. The third-order valence-corrected chi connectivity index (χ3v) is 4.72. The Kier molecular flexibility index (Phi) is 5.41. The fraction of sp³-hybridized carbons (Fsp3) is 0.800. The molecular formula is C15H28N4S. The molecular weight excluding hydrogens is 268 g/mol. The summed E-state index contributed by atoms with van der Waals surface area (Å²) in [6.45, 7) is 15.5. The van der Waals surface area contributed by atoms with Crippen LogP contribution in [-0.4, -0.2) is 48.1 Å². The quantitative estimate of drug-likeness (QED) is 0.846. The van der Waals surface area contributed by atoms with Crippen LogP contribution in [0.15, 0.2) is 5.38 Å². The van der Waals surface area contributed by atoms with Crippen LogP contribution in [0.4, 0.5) is 5.13 Å². The monoisotopic (exact) mass is 296 g/mol. The van der Waals surface area contributed by atoms with Crippen molar-refractivity contribution in [1.29, 1.82) is 0 Å². The first-order valence-corrected chi connectivity index (χ1v) is 8.54. The molecule has 1 fully saturated rings. The van der Waals surface area contributed by atoms with E-state index in [-0.39, 0.29) is 5.54 Å². The molecule has 2 rings (SSSR count). The van der Waals surface area contributed by atoms with E-state index in [1.807, 2.05) is 0 Å². The molecule has 2 heterocycles. The van der Waals surface area contributed by atoms with Crippen molar-refractivity contribution < 1.29 is 0 Å². The predicted octanol–water partition coefficient (Wildman–Crippen LogP) is 2.56. The van der Waals surface area contributed by atoms with Crippen LogP contribution in [0, 0.1) is 0 Å². The zero-order chi connectivity index (χ0) is 14.6. The molecule has 4 nitrogen and oxygen atoms in total. The third kappa shape index (κ3) is 4.17. The number of rotatable bonds is 5. The van der Waals surface area contributed by atoms with E-state index >= 15 is 0 Å². The summed E-state index contributed by atoms with van der Waals surface area (Å²) in [5, 5.41) is 6.79. The summed E-state index contributed by atoms with van der Waals surface area (Å²) in [7, 11) is 0. The van der Waals surface area contributed by atoms with Crippen LogP contribution in [0.1, 0.15) is 39.8 Å². The van der Waals surface area contributed by atoms with Gasteiger partial charge in [-0.15, -0.1) is 11.3 Å². The smallest absolute Gasteiger partial charge is 0.185 e. The molecule has 0 saturated carbocycles. The second-order valence-corrected chi connectivity index (χ2v) is 7.28. The first-order valence-electron chi connectivity index (χ1n) is 7.66. The van der Waals surface area contributed by atoms with E-state index in [1.54, 1.807) is 11.3 Å². The van der Waals surface area contributed by atoms with Crippen molar-refractivity contribution in [3.05, 3.63) is 11.1 Å². The molecule has 0 bridgehead atoms. The van der Waals surface area contributed by atoms with Gasteiger partial charge in [-0.3, -0.25) is 4.90 Å². The second-order valence-electron chi connectivity index (χ2n) is 6.44. The predicted molar refractivity (Wildman–Crippen MR) is 87.7 cm³/mol. The van der Waals surface area contributed by atoms with Crippen molar-refractivity contribution in [3.8, 4) is 0 Å². The Morgan fingerprint density at radius 2 is 1.95 bits per heavy atom. The minimum absolute atomic E-state index is 0.282. The first-order chi connectivity index (χ1) is 9.50. The van der Waals surface area contributed by atoms with Gasteiger partial charge in [0.25, 0.3) is 0 Å². The standard InChI is InChI=1S/C15H28N4S/c1-5-6-16-11-13-12-20-14(17-13)18-7-9-19(10-8-18)15(2,3)4/h12,16H,5-11H2,1-4H3. The molecule has 0 aromatic carbocycles. The number of piperazine rings is 1. The largest absolute Gasteiger partial charge is 0.346 e. The molecule has 0 spiro atoms. The van der Waals surface area contributed by atoms with Gasteiger partial charge in [-0.25, -0.2) is 4.98 Å². The summed E-state index contributed by atoms with van der Waals surface area (Å²) >= 11 is 1.78. The van der Waals surface area contributed by atoms with Gasteiger partial charge < -0.3 is 10.2 Å². The van der Waals surface area contributed by atoms with E-state index in [1.165, 1.54) is 17.2 Å². The maximum absolute atomic E-state index is 4.76. The van der Waals surface area contributed by atoms with E-state index in [0.717, 1.165) is 39.3 Å². The molecule has 0 radical (unpaired) electrons. The highest BCUT2D eigenvalue weighted by atomic mass is 32.1. The highest BCUT2D eigenvalue weighted by Gasteiger charge is 2.26. The summed E-state index contributed by atoms with van der Waals surface area (Å²) in [5.41, 5.74) is 1.46. The molecule has 20 heavy (non-hydrogen) atoms. The fourth-order valence-electron chi connectivity index (χ4n) is 2.48. The van der Waals surface area contributed by atoms with Gasteiger partial charge in [0.05, 0.1) is 5.69 Å². The van der Waals surface area contributed by atoms with Gasteiger partial charge in [0, 0.05) is 43.6 Å². The number of aromatic nitrogens is 1. The lowest BCUT2D eigenvalue weighted by Crippen LogP contribution is -2.53. The Balaban J connectivity index is 1.84. The normalized spacial score (nSPS) is 17.7. The van der Waals surface area contributed by atoms with E-state index in [0.29, 0.717) is 0 Å². The van der Waals surface area contributed by atoms with Crippen molar-refractivity contribution in [1.82, 2.24) is 15.2 Å². The maximum atomic E-state index is 4.76. The Hall–Kier alpha value is -0.650. The molecule has 0 atom stereocenters. The van der Waals surface area contributed by atoms with E-state index < -0.39 is 0 Å². The van der Waals surface area contributed by atoms with Gasteiger partial charge in [-0.05, 0) is 33.7 Å². The highest BCUT2D eigenvalue weighted by molar-refractivity contribution is 7.13. The summed E-state index contributed by atoms with van der Waals surface area (Å²) in [4.78, 5) is 9.74. The molecule has 1 saturated heterocycles. The zero-order valence-corrected chi connectivity index (χ0v) is 14.1. The fourth-order valence-corrected chi connectivity index (χ4v) is 3.36. The molecule has 1 aromatic heterocycles. The van der Waals surface area contributed by atoms with Gasteiger partial charge in [0.2, 0.25) is 0 Å². The molecule has 1 N–H and O–H groups in total. The number of hydrogen-bond acceptors (Lipinski definition) is 5. The molecule has 0 aliphatic carbocycles. The first kappa shape index (κ1) is 15.7. The van der Waals surface area contributed by atoms with Gasteiger partial charge in [-0.1, -0.05) is 6.92 Å². The average Bonchev–Trinajstić information content (AvgIpc) is 2.87. The van der Waals surface area contributed by atoms with E-state index in [2.05, 4.69) is 48.2 Å². The van der Waals surface area contributed by atoms with E-state index in [4.69, 9.17) is 4.98 Å². The summed E-state index contributed by atoms with van der Waals surface area (Å²) in [6.07, 6.45) is 1.17. The van der Waals surface area contributed by atoms with Gasteiger partial charge in [-0.2, -0.15) is 0 Å². The molecule has 5 heteroatoms. The molecule has 0 amide bonds. The van der Waals surface area contributed by atoms with Gasteiger partial charge >= 0.3 is 0 Å². The minimum atomic E-state index is 0.282. The van der Waals surface area contributed by atoms with Gasteiger partial charge in [0.1, 0.15) is 0 Å². The lowest BCUT2D eigenvalue weighted by atomic mass is 10.1. The van der Waals surface area contributed by atoms with Crippen molar-refractivity contribution >= 4 is 16.5 Å². The minimum Gasteiger partial charge on any atom is -0.346 e. The third-order valence-electron chi connectivity index (χ3n) is 3.77. The van der Waals surface area contributed by atoms with Crippen LogP contribution in [-0.2, 0) is 6.54 Å². The maximum Gasteiger partial charge on any atom is 0.185 e. The SMILES string of the molecule is CCCNCc1csc(N2CCN(C(C)(C)C)CC2)n1. The molecule has 0 unspecified atom stereocenters. The van der Waals surface area contributed by atoms with E-state index in [9.17, 15) is 0 Å². The molecule has 1 aliphatic heterocycles. The Morgan fingerprint density at radius 1 is 1.25 bits per heavy atom. The highest BCUT2D eigenvalue weighted by Crippen LogP contribution is 2.24. The zero-order valence-electron chi connectivity index (χ0n) is 13.3. The summed E-state index contributed by atoms with van der Waals surface area (Å²) in [5.74, 6) is 0. The van der Waals surface area contributed by atoms with Crippen molar-refractivity contribution in [2.24, 2.45) is 0 Å². The van der Waals surface area contributed by atoms with Crippen LogP contribution >= 0.6 is 11.3 Å². The lowest BCUT2D eigenvalue weighted by Gasteiger charge is -2.42. The van der Waals surface area contributed by atoms with Gasteiger partial charge in [0.15, 0.2) is 5.13 Å².